The molecule has 1 amide bonds. The average Bonchev–Trinajstić information content (AvgIpc) is 2.99. The van der Waals surface area contributed by atoms with Crippen molar-refractivity contribution in [1.29, 1.82) is 0 Å². The van der Waals surface area contributed by atoms with Crippen molar-refractivity contribution in [2.75, 3.05) is 49.6 Å². The van der Waals surface area contributed by atoms with Crippen molar-refractivity contribution in [3.63, 3.8) is 0 Å². The molecule has 0 atom stereocenters. The van der Waals surface area contributed by atoms with Gasteiger partial charge >= 0.3 is 5.69 Å². The highest BCUT2D eigenvalue weighted by Gasteiger charge is 2.30. The number of carbonyl (C=O) groups excluding carboxylic acids is 1. The largest absolute Gasteiger partial charge is 0.353 e. The van der Waals surface area contributed by atoms with Crippen LogP contribution in [0.2, 0.25) is 0 Å². The molecule has 0 unspecified atom stereocenters. The number of thioether (sulfide) groups is 1. The zero-order chi connectivity index (χ0) is 28.5. The van der Waals surface area contributed by atoms with E-state index in [1.165, 1.54) is 10.6 Å². The van der Waals surface area contributed by atoms with Gasteiger partial charge in [0.15, 0.2) is 0 Å². The summed E-state index contributed by atoms with van der Waals surface area (Å²) >= 11 is 1.85. The number of rotatable bonds is 5. The van der Waals surface area contributed by atoms with Crippen LogP contribution in [0.25, 0.3) is 11.0 Å². The highest BCUT2D eigenvalue weighted by atomic mass is 32.2. The predicted molar refractivity (Wildman–Crippen MR) is 159 cm³/mol. The lowest BCUT2D eigenvalue weighted by Gasteiger charge is -2.34. The number of fused-ring (bicyclic) bond motifs is 1. The number of pyridine rings is 2. The molecule has 10 nitrogen and oxygen atoms in total. The number of aromatic nitrogens is 4. The number of likely N-dealkylation sites (N-methyl/N-ethyl adjacent to an activating group) is 1. The second-order valence-corrected chi connectivity index (χ2v) is 12.6. The zero-order valence-electron chi connectivity index (χ0n) is 23.3. The number of hydrogen-bond acceptors (Lipinski definition) is 8. The Bertz CT molecular complexity index is 1540. The van der Waals surface area contributed by atoms with E-state index in [1.54, 1.807) is 16.8 Å². The Hall–Kier alpha value is -3.25. The van der Waals surface area contributed by atoms with Gasteiger partial charge in [0.2, 0.25) is 0 Å². The molecule has 0 spiro atoms. The van der Waals surface area contributed by atoms with Crippen LogP contribution in [-0.2, 0) is 0 Å². The molecule has 3 aliphatic rings. The van der Waals surface area contributed by atoms with Gasteiger partial charge in [0.25, 0.3) is 11.5 Å². The third-order valence-electron chi connectivity index (χ3n) is 8.71. The summed E-state index contributed by atoms with van der Waals surface area (Å²) in [4.78, 5) is 53.9. The predicted octanol–water partition coefficient (Wildman–Crippen LogP) is 2.83. The van der Waals surface area contributed by atoms with Gasteiger partial charge in [0.1, 0.15) is 17.3 Å². The number of anilines is 1. The molecule has 2 aliphatic heterocycles. The van der Waals surface area contributed by atoms with Crippen LogP contribution in [0.3, 0.4) is 0 Å². The van der Waals surface area contributed by atoms with Gasteiger partial charge in [0.05, 0.1) is 17.1 Å². The quantitative estimate of drug-likeness (QED) is 0.491. The molecule has 41 heavy (non-hydrogen) atoms. The fourth-order valence-corrected chi connectivity index (χ4v) is 7.47. The lowest BCUT2D eigenvalue weighted by molar-refractivity contribution is 0.0922. The molecule has 3 aromatic heterocycles. The van der Waals surface area contributed by atoms with Crippen molar-refractivity contribution in [3.8, 4) is 0 Å². The number of nitrogens with zero attached hydrogens (tertiary/aromatic N) is 6. The monoisotopic (exact) mass is 581 g/mol. The molecule has 2 saturated heterocycles. The molecule has 0 aromatic carbocycles. The van der Waals surface area contributed by atoms with E-state index in [4.69, 9.17) is 0 Å². The van der Waals surface area contributed by atoms with Crippen LogP contribution in [0.15, 0.2) is 40.2 Å². The smallest absolute Gasteiger partial charge is 0.333 e. The SMILES string of the molecule is CN1CCN(c2ncccc2C(=O)NC2CCC(n3c(=O)c4cc(F)cnc4n(C4CCSCC4)c3=O)CC2)CC1. The van der Waals surface area contributed by atoms with E-state index >= 15 is 0 Å². The van der Waals surface area contributed by atoms with Gasteiger partial charge in [-0.05, 0) is 75.3 Å². The van der Waals surface area contributed by atoms with Crippen molar-refractivity contribution >= 4 is 34.5 Å². The van der Waals surface area contributed by atoms with Gasteiger partial charge in [-0.25, -0.2) is 19.2 Å². The maximum absolute atomic E-state index is 14.2. The van der Waals surface area contributed by atoms with Gasteiger partial charge < -0.3 is 15.1 Å². The minimum absolute atomic E-state index is 0.0688. The van der Waals surface area contributed by atoms with Crippen LogP contribution in [-0.4, -0.2) is 80.7 Å². The molecule has 1 N–H and O–H groups in total. The normalized spacial score (nSPS) is 22.6. The van der Waals surface area contributed by atoms with Crippen molar-refractivity contribution in [2.24, 2.45) is 0 Å². The molecule has 0 radical (unpaired) electrons. The Morgan fingerprint density at radius 2 is 1.68 bits per heavy atom. The maximum atomic E-state index is 14.2. The number of piperazine rings is 1. The van der Waals surface area contributed by atoms with E-state index in [1.807, 2.05) is 17.8 Å². The molecule has 218 valence electrons. The summed E-state index contributed by atoms with van der Waals surface area (Å²) in [5.41, 5.74) is -0.0209. The molecule has 0 bridgehead atoms. The maximum Gasteiger partial charge on any atom is 0.333 e. The van der Waals surface area contributed by atoms with Gasteiger partial charge in [-0.2, -0.15) is 11.8 Å². The zero-order valence-corrected chi connectivity index (χ0v) is 24.1. The van der Waals surface area contributed by atoms with Crippen LogP contribution >= 0.6 is 11.8 Å². The third kappa shape index (κ3) is 5.63. The van der Waals surface area contributed by atoms with Crippen LogP contribution in [0.4, 0.5) is 10.2 Å². The summed E-state index contributed by atoms with van der Waals surface area (Å²) in [6.45, 7) is 3.46. The highest BCUT2D eigenvalue weighted by Crippen LogP contribution is 2.30. The molecule has 1 aliphatic carbocycles. The van der Waals surface area contributed by atoms with E-state index in [0.29, 0.717) is 37.1 Å². The standard InChI is InChI=1S/C29H36FN7O3S/c1-34-11-13-35(14-12-34)25-23(3-2-10-31-25)27(38)33-20-4-6-21(7-5-20)37-28(39)24-17-19(30)18-32-26(24)36(29(37)40)22-8-15-41-16-9-22/h2-3,10,17-18,20-22H,4-9,11-16H2,1H3,(H,33,38). The molecule has 6 rings (SSSR count). The second-order valence-electron chi connectivity index (χ2n) is 11.3. The number of amides is 1. The summed E-state index contributed by atoms with van der Waals surface area (Å²) in [6.07, 6.45) is 6.79. The van der Waals surface area contributed by atoms with E-state index in [-0.39, 0.29) is 40.8 Å². The molecule has 5 heterocycles. The van der Waals surface area contributed by atoms with E-state index < -0.39 is 11.4 Å². The molecule has 3 aromatic rings. The first-order valence-corrected chi connectivity index (χ1v) is 15.7. The fourth-order valence-electron chi connectivity index (χ4n) is 6.39. The van der Waals surface area contributed by atoms with E-state index in [2.05, 4.69) is 32.1 Å². The fraction of sp³-hybridized carbons (Fsp3) is 0.552. The summed E-state index contributed by atoms with van der Waals surface area (Å²) < 4.78 is 17.2. The van der Waals surface area contributed by atoms with Gasteiger partial charge in [-0.1, -0.05) is 0 Å². The van der Waals surface area contributed by atoms with Crippen molar-refractivity contribution in [3.05, 3.63) is 62.8 Å². The number of nitrogens with one attached hydrogen (secondary N) is 1. The number of hydrogen-bond donors (Lipinski definition) is 1. The average molecular weight is 582 g/mol. The number of halogens is 1. The van der Waals surface area contributed by atoms with Crippen LogP contribution < -0.4 is 21.5 Å². The van der Waals surface area contributed by atoms with Crippen LogP contribution in [0.1, 0.15) is 61.0 Å². The summed E-state index contributed by atoms with van der Waals surface area (Å²) in [5.74, 6) is 1.81. The molecule has 12 heteroatoms. The van der Waals surface area contributed by atoms with Gasteiger partial charge in [-0.3, -0.25) is 18.7 Å². The molecule has 1 saturated carbocycles. The third-order valence-corrected chi connectivity index (χ3v) is 9.76. The van der Waals surface area contributed by atoms with E-state index in [9.17, 15) is 18.8 Å². The van der Waals surface area contributed by atoms with Crippen molar-refractivity contribution in [2.45, 2.75) is 56.7 Å². The second kappa shape index (κ2) is 11.9. The Morgan fingerprint density at radius 3 is 2.41 bits per heavy atom. The van der Waals surface area contributed by atoms with Crippen LogP contribution in [0.5, 0.6) is 0 Å². The summed E-state index contributed by atoms with van der Waals surface area (Å²) in [6, 6.07) is 4.33. The number of carbonyl (C=O) groups is 1. The molecular weight excluding hydrogens is 545 g/mol. The Labute approximate surface area is 241 Å². The first kappa shape index (κ1) is 27.9. The minimum atomic E-state index is -0.594. The highest BCUT2D eigenvalue weighted by molar-refractivity contribution is 7.99. The Balaban J connectivity index is 1.21. The van der Waals surface area contributed by atoms with Gasteiger partial charge in [-0.15, -0.1) is 0 Å². The van der Waals surface area contributed by atoms with Gasteiger partial charge in [0, 0.05) is 50.5 Å². The topological polar surface area (TPSA) is 105 Å². The lowest BCUT2D eigenvalue weighted by Crippen LogP contribution is -2.47. The summed E-state index contributed by atoms with van der Waals surface area (Å²) in [5, 5.41) is 3.32. The summed E-state index contributed by atoms with van der Waals surface area (Å²) in [7, 11) is 2.09. The Morgan fingerprint density at radius 1 is 0.976 bits per heavy atom. The Kier molecular flexibility index (Phi) is 8.12. The first-order chi connectivity index (χ1) is 19.9. The van der Waals surface area contributed by atoms with E-state index in [0.717, 1.165) is 56.7 Å². The molecule has 3 fully saturated rings. The molecular formula is C29H36FN7O3S. The van der Waals surface area contributed by atoms with Crippen molar-refractivity contribution < 1.29 is 9.18 Å². The van der Waals surface area contributed by atoms with Crippen LogP contribution in [0, 0.1) is 5.82 Å². The lowest BCUT2D eigenvalue weighted by atomic mass is 9.90. The first-order valence-electron chi connectivity index (χ1n) is 14.5. The van der Waals surface area contributed by atoms with Crippen molar-refractivity contribution in [1.82, 2.24) is 29.3 Å². The minimum Gasteiger partial charge on any atom is -0.353 e.